The average Bonchev–Trinajstić information content (AvgIpc) is 2.63. The van der Waals surface area contributed by atoms with E-state index in [0.717, 1.165) is 6.42 Å². The topological polar surface area (TPSA) is 40.5 Å². The Morgan fingerprint density at radius 2 is 2.00 bits per heavy atom. The van der Waals surface area contributed by atoms with Crippen molar-refractivity contribution in [3.05, 3.63) is 29.3 Å². The largest absolute Gasteiger partial charge is 0.488 e. The van der Waals surface area contributed by atoms with Crippen molar-refractivity contribution in [2.45, 2.75) is 6.42 Å². The Morgan fingerprint density at radius 1 is 1.20 bits per heavy atom. The number of fused-ring (bicyclic) bond motifs is 1. The van der Waals surface area contributed by atoms with E-state index in [2.05, 4.69) is 0 Å². The van der Waals surface area contributed by atoms with Crippen molar-refractivity contribution >= 4 is 12.6 Å². The summed E-state index contributed by atoms with van der Waals surface area (Å²) < 4.78 is 0. The van der Waals surface area contributed by atoms with Gasteiger partial charge in [-0.2, -0.15) is 0 Å². The van der Waals surface area contributed by atoms with E-state index in [0.29, 0.717) is 5.46 Å². The number of hydrogen-bond acceptors (Lipinski definition) is 2. The minimum Gasteiger partial charge on any atom is -0.423 e. The molecule has 2 N–H and O–H groups in total. The summed E-state index contributed by atoms with van der Waals surface area (Å²) >= 11 is 0. The first kappa shape index (κ1) is 5.95. The lowest BCUT2D eigenvalue weighted by atomic mass is 9.81. The molecule has 1 aromatic carbocycles. The van der Waals surface area contributed by atoms with Crippen LogP contribution in [0.1, 0.15) is 11.1 Å². The molecule has 1 aliphatic rings. The van der Waals surface area contributed by atoms with E-state index in [9.17, 15) is 0 Å². The summed E-state index contributed by atoms with van der Waals surface area (Å²) in [6.45, 7) is 0. The molecule has 0 aliphatic heterocycles. The molecule has 2 nitrogen and oxygen atoms in total. The fourth-order valence-electron chi connectivity index (χ4n) is 1.08. The van der Waals surface area contributed by atoms with Crippen molar-refractivity contribution in [1.29, 1.82) is 0 Å². The molecular weight excluding hydrogens is 127 g/mol. The summed E-state index contributed by atoms with van der Waals surface area (Å²) in [5.41, 5.74) is 3.16. The van der Waals surface area contributed by atoms with Crippen LogP contribution in [0.15, 0.2) is 18.2 Å². The van der Waals surface area contributed by atoms with Gasteiger partial charge in [-0.3, -0.25) is 0 Å². The third-order valence-electron chi connectivity index (χ3n) is 1.78. The molecule has 1 aliphatic carbocycles. The molecule has 50 valence electrons. The van der Waals surface area contributed by atoms with Gasteiger partial charge in [0.1, 0.15) is 0 Å². The molecule has 0 fully saturated rings. The maximum Gasteiger partial charge on any atom is 0.488 e. The summed E-state index contributed by atoms with van der Waals surface area (Å²) in [5.74, 6) is 0. The highest BCUT2D eigenvalue weighted by Gasteiger charge is 2.19. The van der Waals surface area contributed by atoms with E-state index in [1.807, 2.05) is 12.1 Å². The number of rotatable bonds is 1. The first-order valence-corrected chi connectivity index (χ1v) is 3.25. The Morgan fingerprint density at radius 3 is 2.60 bits per heavy atom. The Bertz CT molecular complexity index is 270. The summed E-state index contributed by atoms with van der Waals surface area (Å²) in [5, 5.41) is 17.5. The Balaban J connectivity index is 2.39. The molecule has 2 rings (SSSR count). The summed E-state index contributed by atoms with van der Waals surface area (Å²) in [4.78, 5) is 0. The van der Waals surface area contributed by atoms with E-state index in [-0.39, 0.29) is 0 Å². The zero-order valence-corrected chi connectivity index (χ0v) is 5.41. The minimum atomic E-state index is -1.31. The molecule has 0 radical (unpaired) electrons. The molecule has 3 heteroatoms. The van der Waals surface area contributed by atoms with Gasteiger partial charge in [0.25, 0.3) is 0 Å². The van der Waals surface area contributed by atoms with Crippen LogP contribution in [-0.4, -0.2) is 17.2 Å². The van der Waals surface area contributed by atoms with Crippen LogP contribution in [0, 0.1) is 0 Å². The zero-order valence-electron chi connectivity index (χ0n) is 5.41. The van der Waals surface area contributed by atoms with E-state index < -0.39 is 7.12 Å². The van der Waals surface area contributed by atoms with Gasteiger partial charge >= 0.3 is 7.12 Å². The van der Waals surface area contributed by atoms with Gasteiger partial charge in [0.15, 0.2) is 0 Å². The first-order valence-electron chi connectivity index (χ1n) is 3.25. The molecule has 0 saturated heterocycles. The summed E-state index contributed by atoms with van der Waals surface area (Å²) in [6, 6.07) is 5.51. The highest BCUT2D eigenvalue weighted by Crippen LogP contribution is 2.25. The maximum absolute atomic E-state index is 8.73. The average molecular weight is 134 g/mol. The van der Waals surface area contributed by atoms with Crippen LogP contribution in [0.4, 0.5) is 0 Å². The quantitative estimate of drug-likeness (QED) is 0.504. The second-order valence-electron chi connectivity index (χ2n) is 2.58. The lowest BCUT2D eigenvalue weighted by Gasteiger charge is -1.94. The standard InChI is InChI=1S/C7H7BO2/c9-8(10)7-2-1-5-3-6(5)4-7/h1-2,4,9-10H,3H2. The number of benzene rings is 1. The monoisotopic (exact) mass is 134 g/mol. The predicted molar refractivity (Wildman–Crippen MR) is 39.1 cm³/mol. The smallest absolute Gasteiger partial charge is 0.423 e. The molecule has 0 spiro atoms. The second-order valence-corrected chi connectivity index (χ2v) is 2.58. The molecule has 0 amide bonds. The van der Waals surface area contributed by atoms with Gasteiger partial charge < -0.3 is 10.0 Å². The highest BCUT2D eigenvalue weighted by atomic mass is 16.4. The Kier molecular flexibility index (Phi) is 1.10. The fraction of sp³-hybridized carbons (Fsp3) is 0.143. The maximum atomic E-state index is 8.73. The van der Waals surface area contributed by atoms with Gasteiger partial charge in [0.05, 0.1) is 0 Å². The van der Waals surface area contributed by atoms with Gasteiger partial charge in [-0.05, 0) is 23.0 Å². The molecule has 10 heavy (non-hydrogen) atoms. The Hall–Kier alpha value is -0.795. The fourth-order valence-corrected chi connectivity index (χ4v) is 1.08. The lowest BCUT2D eigenvalue weighted by molar-refractivity contribution is 0.426. The van der Waals surface area contributed by atoms with Crippen LogP contribution in [0.25, 0.3) is 0 Å². The number of hydrogen-bond donors (Lipinski definition) is 2. The summed E-state index contributed by atoms with van der Waals surface area (Å²) in [7, 11) is -1.31. The second kappa shape index (κ2) is 1.84. The summed E-state index contributed by atoms with van der Waals surface area (Å²) in [6.07, 6.45) is 1.02. The SMILES string of the molecule is OB(O)c1ccc2c(c1)C2. The lowest BCUT2D eigenvalue weighted by Crippen LogP contribution is -2.29. The highest BCUT2D eigenvalue weighted by molar-refractivity contribution is 6.58. The van der Waals surface area contributed by atoms with Gasteiger partial charge in [-0.15, -0.1) is 0 Å². The van der Waals surface area contributed by atoms with Crippen molar-refractivity contribution in [3.8, 4) is 0 Å². The van der Waals surface area contributed by atoms with Crippen molar-refractivity contribution in [3.63, 3.8) is 0 Å². The molecule has 0 unspecified atom stereocenters. The Labute approximate surface area is 59.3 Å². The van der Waals surface area contributed by atoms with E-state index in [1.54, 1.807) is 6.07 Å². The van der Waals surface area contributed by atoms with Crippen LogP contribution >= 0.6 is 0 Å². The molecule has 1 aromatic rings. The van der Waals surface area contributed by atoms with Crippen molar-refractivity contribution in [2.75, 3.05) is 0 Å². The van der Waals surface area contributed by atoms with Crippen LogP contribution in [0.5, 0.6) is 0 Å². The first-order chi connectivity index (χ1) is 4.77. The van der Waals surface area contributed by atoms with E-state index in [4.69, 9.17) is 10.0 Å². The van der Waals surface area contributed by atoms with Gasteiger partial charge in [0.2, 0.25) is 0 Å². The van der Waals surface area contributed by atoms with E-state index >= 15 is 0 Å². The third-order valence-corrected chi connectivity index (χ3v) is 1.78. The molecule has 0 saturated carbocycles. The van der Waals surface area contributed by atoms with Gasteiger partial charge in [-0.25, -0.2) is 0 Å². The molecule has 0 heterocycles. The van der Waals surface area contributed by atoms with Crippen LogP contribution in [0.2, 0.25) is 0 Å². The minimum absolute atomic E-state index is 0.594. The van der Waals surface area contributed by atoms with Gasteiger partial charge in [0, 0.05) is 0 Å². The van der Waals surface area contributed by atoms with Crippen molar-refractivity contribution in [1.82, 2.24) is 0 Å². The normalized spacial score (nSPS) is 12.6. The van der Waals surface area contributed by atoms with Gasteiger partial charge in [-0.1, -0.05) is 18.2 Å². The van der Waals surface area contributed by atoms with E-state index in [1.165, 1.54) is 11.1 Å². The third kappa shape index (κ3) is 0.837. The van der Waals surface area contributed by atoms with Crippen molar-refractivity contribution in [2.24, 2.45) is 0 Å². The molecule has 0 aromatic heterocycles. The van der Waals surface area contributed by atoms with Crippen LogP contribution in [0.3, 0.4) is 0 Å². The van der Waals surface area contributed by atoms with Crippen molar-refractivity contribution < 1.29 is 10.0 Å². The zero-order chi connectivity index (χ0) is 7.14. The van der Waals surface area contributed by atoms with Crippen LogP contribution in [-0.2, 0) is 6.42 Å². The molecule has 0 bridgehead atoms. The molecule has 0 atom stereocenters. The molecular formula is C7H7BO2. The predicted octanol–water partition coefficient (Wildman–Crippen LogP) is -0.729. The van der Waals surface area contributed by atoms with Crippen LogP contribution < -0.4 is 5.46 Å².